The molecule has 6 heteroatoms. The van der Waals surface area contributed by atoms with Crippen molar-refractivity contribution in [1.29, 1.82) is 0 Å². The Morgan fingerprint density at radius 3 is 1.86 bits per heavy atom. The fourth-order valence-corrected chi connectivity index (χ4v) is 10.5. The summed E-state index contributed by atoms with van der Waals surface area (Å²) in [4.78, 5) is 13.5. The van der Waals surface area contributed by atoms with Crippen LogP contribution in [0.4, 0.5) is 0 Å². The van der Waals surface area contributed by atoms with Crippen molar-refractivity contribution < 1.29 is 19.4 Å². The highest BCUT2D eigenvalue weighted by Gasteiger charge is 2.45. The molecule has 0 bridgehead atoms. The molecule has 6 aromatic carbocycles. The molecule has 3 heterocycles. The number of ether oxygens (including phenoxy) is 2. The first-order valence-electron chi connectivity index (χ1n) is 19.2. The smallest absolute Gasteiger partial charge is 0.184 e. The number of aldehydes is 1. The number of carbonyl (C=O) groups excluding carboxylic acids is 1. The van der Waals surface area contributed by atoms with Crippen LogP contribution >= 0.6 is 23.5 Å². The number of aliphatic hydroxyl groups is 1. The standard InChI is InChI=1S/C26H26O3S.C24H20OS/c1-17-3-6-19(7-4-17)23-16-30-24-15-18(2)5-12-22(24)26(23,27)21-10-8-20(9-11-21)25-28-13-14-29-25;1-16-3-8-19(9-4-16)22-15-26-23-13-17(2)5-12-21(23)24(22)20-10-6-18(14-25)7-11-20/h3-12,15,23,25,27H,13-14,16H2,1-2H3;3-14H,15H2,1-2H3. The summed E-state index contributed by atoms with van der Waals surface area (Å²) in [5, 5.41) is 12.3. The van der Waals surface area contributed by atoms with Gasteiger partial charge in [0.15, 0.2) is 6.29 Å². The minimum Gasteiger partial charge on any atom is -0.380 e. The first-order chi connectivity index (χ1) is 27.2. The molecule has 3 aliphatic heterocycles. The molecule has 1 fully saturated rings. The van der Waals surface area contributed by atoms with Crippen LogP contribution in [0.3, 0.4) is 0 Å². The lowest BCUT2D eigenvalue weighted by Crippen LogP contribution is -2.39. The highest BCUT2D eigenvalue weighted by molar-refractivity contribution is 8.00. The highest BCUT2D eigenvalue weighted by Crippen LogP contribution is 2.52. The minimum absolute atomic E-state index is 0.0388. The van der Waals surface area contributed by atoms with Crippen LogP contribution in [-0.2, 0) is 15.1 Å². The second kappa shape index (κ2) is 16.4. The summed E-state index contributed by atoms with van der Waals surface area (Å²) in [5.74, 6) is 1.74. The molecule has 9 rings (SSSR count). The van der Waals surface area contributed by atoms with Crippen LogP contribution in [0.2, 0.25) is 0 Å². The van der Waals surface area contributed by atoms with Crippen LogP contribution in [0.1, 0.15) is 83.8 Å². The molecule has 1 N–H and O–H groups in total. The number of hydrogen-bond donors (Lipinski definition) is 1. The van der Waals surface area contributed by atoms with Crippen molar-refractivity contribution in [3.8, 4) is 0 Å². The number of carbonyl (C=O) groups is 1. The molecule has 0 radical (unpaired) electrons. The Balaban J connectivity index is 0.000000159. The number of benzene rings is 6. The highest BCUT2D eigenvalue weighted by atomic mass is 32.2. The monoisotopic (exact) mass is 774 g/mol. The molecule has 4 nitrogen and oxygen atoms in total. The van der Waals surface area contributed by atoms with E-state index in [0.717, 1.165) is 50.5 Å². The molecule has 0 aromatic heterocycles. The minimum atomic E-state index is -1.10. The second-order valence-electron chi connectivity index (χ2n) is 15.0. The van der Waals surface area contributed by atoms with Gasteiger partial charge in [-0.1, -0.05) is 132 Å². The van der Waals surface area contributed by atoms with Crippen LogP contribution in [-0.4, -0.2) is 36.1 Å². The topological polar surface area (TPSA) is 55.8 Å². The summed E-state index contributed by atoms with van der Waals surface area (Å²) in [5.41, 5.74) is 15.0. The van der Waals surface area contributed by atoms with Gasteiger partial charge in [-0.2, -0.15) is 0 Å². The van der Waals surface area contributed by atoms with Crippen molar-refractivity contribution in [3.05, 3.63) is 200 Å². The van der Waals surface area contributed by atoms with E-state index in [2.05, 4.69) is 125 Å². The first kappa shape index (κ1) is 38.2. The van der Waals surface area contributed by atoms with Crippen molar-refractivity contribution >= 4 is 41.0 Å². The number of thioether (sulfide) groups is 2. The molecule has 2 unspecified atom stereocenters. The van der Waals surface area contributed by atoms with Gasteiger partial charge in [0.05, 0.1) is 13.2 Å². The van der Waals surface area contributed by atoms with E-state index in [1.54, 1.807) is 0 Å². The Morgan fingerprint density at radius 1 is 0.625 bits per heavy atom. The zero-order valence-electron chi connectivity index (χ0n) is 32.3. The predicted molar refractivity (Wildman–Crippen MR) is 231 cm³/mol. The Hall–Kier alpha value is -4.69. The van der Waals surface area contributed by atoms with Crippen molar-refractivity contribution in [3.63, 3.8) is 0 Å². The van der Waals surface area contributed by atoms with E-state index >= 15 is 0 Å². The van der Waals surface area contributed by atoms with Crippen LogP contribution in [0.15, 0.2) is 143 Å². The third kappa shape index (κ3) is 7.69. The molecular formula is C50H46O4S2. The van der Waals surface area contributed by atoms with Crippen molar-refractivity contribution in [2.75, 3.05) is 24.7 Å². The van der Waals surface area contributed by atoms with Gasteiger partial charge in [0.2, 0.25) is 0 Å². The molecule has 282 valence electrons. The molecule has 3 aliphatic rings. The van der Waals surface area contributed by atoms with Crippen molar-refractivity contribution in [2.45, 2.75) is 55.3 Å². The Morgan fingerprint density at radius 2 is 1.20 bits per heavy atom. The molecule has 1 saturated heterocycles. The predicted octanol–water partition coefficient (Wildman–Crippen LogP) is 11.7. The van der Waals surface area contributed by atoms with E-state index in [1.165, 1.54) is 49.4 Å². The zero-order valence-corrected chi connectivity index (χ0v) is 33.9. The first-order valence-corrected chi connectivity index (χ1v) is 21.1. The van der Waals surface area contributed by atoms with Gasteiger partial charge >= 0.3 is 0 Å². The van der Waals surface area contributed by atoms with Crippen molar-refractivity contribution in [1.82, 2.24) is 0 Å². The molecule has 0 saturated carbocycles. The maximum absolute atomic E-state index is 12.3. The summed E-state index contributed by atoms with van der Waals surface area (Å²) < 4.78 is 11.3. The zero-order chi connectivity index (χ0) is 38.8. The van der Waals surface area contributed by atoms with E-state index in [9.17, 15) is 9.90 Å². The van der Waals surface area contributed by atoms with E-state index in [1.807, 2.05) is 59.9 Å². The van der Waals surface area contributed by atoms with E-state index < -0.39 is 5.60 Å². The van der Waals surface area contributed by atoms with Gasteiger partial charge in [0.1, 0.15) is 11.9 Å². The molecule has 0 aliphatic carbocycles. The maximum Gasteiger partial charge on any atom is 0.184 e. The Labute approximate surface area is 339 Å². The van der Waals surface area contributed by atoms with Gasteiger partial charge in [-0.05, 0) is 89.9 Å². The third-order valence-electron chi connectivity index (χ3n) is 11.0. The van der Waals surface area contributed by atoms with Crippen LogP contribution in [0.5, 0.6) is 0 Å². The average Bonchev–Trinajstić information content (AvgIpc) is 3.77. The summed E-state index contributed by atoms with van der Waals surface area (Å²) >= 11 is 3.73. The van der Waals surface area contributed by atoms with E-state index in [-0.39, 0.29) is 12.2 Å². The summed E-state index contributed by atoms with van der Waals surface area (Å²) in [6, 6.07) is 46.4. The fourth-order valence-electron chi connectivity index (χ4n) is 7.86. The van der Waals surface area contributed by atoms with Gasteiger partial charge in [-0.15, -0.1) is 23.5 Å². The number of aryl methyl sites for hydroxylation is 4. The molecule has 6 aromatic rings. The second-order valence-corrected chi connectivity index (χ2v) is 17.1. The van der Waals surface area contributed by atoms with Crippen LogP contribution < -0.4 is 0 Å². The van der Waals surface area contributed by atoms with Crippen LogP contribution in [0.25, 0.3) is 11.1 Å². The summed E-state index contributed by atoms with van der Waals surface area (Å²) in [6.45, 7) is 9.69. The lowest BCUT2D eigenvalue weighted by Gasteiger charge is -2.42. The summed E-state index contributed by atoms with van der Waals surface area (Å²) in [6.07, 6.45) is 0.589. The number of fused-ring (bicyclic) bond motifs is 2. The quantitative estimate of drug-likeness (QED) is 0.170. The van der Waals surface area contributed by atoms with Crippen molar-refractivity contribution in [2.24, 2.45) is 0 Å². The molecule has 2 atom stereocenters. The maximum atomic E-state index is 12.3. The van der Waals surface area contributed by atoms with Gasteiger partial charge < -0.3 is 14.6 Å². The lowest BCUT2D eigenvalue weighted by molar-refractivity contribution is -0.0442. The molecular weight excluding hydrogens is 729 g/mol. The molecule has 56 heavy (non-hydrogen) atoms. The van der Waals surface area contributed by atoms with Gasteiger partial charge in [-0.3, -0.25) is 4.79 Å². The largest absolute Gasteiger partial charge is 0.380 e. The molecule has 0 spiro atoms. The third-order valence-corrected chi connectivity index (χ3v) is 13.2. The summed E-state index contributed by atoms with van der Waals surface area (Å²) in [7, 11) is 0. The number of rotatable bonds is 6. The number of hydrogen-bond acceptors (Lipinski definition) is 6. The van der Waals surface area contributed by atoms with Gasteiger partial charge in [-0.25, -0.2) is 0 Å². The van der Waals surface area contributed by atoms with Gasteiger partial charge in [0, 0.05) is 43.9 Å². The van der Waals surface area contributed by atoms with Crippen LogP contribution in [0, 0.1) is 27.7 Å². The normalized spacial score (nSPS) is 19.1. The fraction of sp³-hybridized carbons (Fsp3) is 0.220. The lowest BCUT2D eigenvalue weighted by atomic mass is 9.73. The Kier molecular flexibility index (Phi) is 11.2. The average molecular weight is 775 g/mol. The SMILES string of the molecule is Cc1ccc(C2=C(c3ccc(C=O)cc3)c3ccc(C)cc3SC2)cc1.Cc1ccc(C2CSc3cc(C)ccc3C2(O)c2ccc(C3OCCO3)cc2)cc1. The molecule has 0 amide bonds. The van der Waals surface area contributed by atoms with Gasteiger partial charge in [0.25, 0.3) is 0 Å². The van der Waals surface area contributed by atoms with E-state index in [4.69, 9.17) is 9.47 Å². The Bertz CT molecular complexity index is 2380. The van der Waals surface area contributed by atoms with E-state index in [0.29, 0.717) is 18.8 Å².